The Hall–Kier alpha value is -1.82. The van der Waals surface area contributed by atoms with Crippen molar-refractivity contribution in [2.75, 3.05) is 18.4 Å². The van der Waals surface area contributed by atoms with E-state index in [9.17, 15) is 9.59 Å². The molecule has 0 atom stereocenters. The summed E-state index contributed by atoms with van der Waals surface area (Å²) in [5.74, 6) is -0.0975. The maximum absolute atomic E-state index is 12.0. The summed E-state index contributed by atoms with van der Waals surface area (Å²) in [6.07, 6.45) is 0. The maximum Gasteiger partial charge on any atom is 0.251 e. The molecule has 21 heavy (non-hydrogen) atoms. The summed E-state index contributed by atoms with van der Waals surface area (Å²) in [7, 11) is 0. The van der Waals surface area contributed by atoms with Crippen LogP contribution in [0.3, 0.4) is 0 Å². The van der Waals surface area contributed by atoms with E-state index < -0.39 is 0 Å². The van der Waals surface area contributed by atoms with Crippen LogP contribution in [0.1, 0.15) is 38.1 Å². The van der Waals surface area contributed by atoms with Gasteiger partial charge in [-0.3, -0.25) is 9.59 Å². The van der Waals surface area contributed by atoms with Crippen LogP contribution in [0.2, 0.25) is 5.15 Å². The average Bonchev–Trinajstić information content (AvgIpc) is 2.33. The lowest BCUT2D eigenvalue weighted by atomic mass is 10.1. The van der Waals surface area contributed by atoms with Crippen molar-refractivity contribution in [2.24, 2.45) is 0 Å². The largest absolute Gasteiger partial charge is 0.370 e. The molecule has 1 rings (SSSR count). The third kappa shape index (κ3) is 6.44. The fourth-order valence-electron chi connectivity index (χ4n) is 1.62. The minimum absolute atomic E-state index is 0.0907. The van der Waals surface area contributed by atoms with Gasteiger partial charge in [0.05, 0.1) is 6.54 Å². The van der Waals surface area contributed by atoms with Gasteiger partial charge in [0.15, 0.2) is 0 Å². The number of pyridine rings is 1. The molecule has 1 aromatic heterocycles. The first-order valence-electron chi connectivity index (χ1n) is 6.72. The maximum atomic E-state index is 12.0. The summed E-state index contributed by atoms with van der Waals surface area (Å²) in [6, 6.07) is 3.05. The van der Waals surface area contributed by atoms with Crippen LogP contribution in [0, 0.1) is 0 Å². The molecule has 0 aliphatic heterocycles. The van der Waals surface area contributed by atoms with Gasteiger partial charge >= 0.3 is 0 Å². The minimum atomic E-state index is -0.373. The molecule has 116 valence electrons. The molecule has 0 saturated carbocycles. The number of anilines is 1. The van der Waals surface area contributed by atoms with Crippen molar-refractivity contribution in [3.05, 3.63) is 22.8 Å². The van der Waals surface area contributed by atoms with Crippen molar-refractivity contribution in [3.8, 4) is 0 Å². The molecule has 1 heterocycles. The molecule has 0 bridgehead atoms. The molecule has 2 amide bonds. The summed E-state index contributed by atoms with van der Waals surface area (Å²) in [4.78, 5) is 27.7. The van der Waals surface area contributed by atoms with Gasteiger partial charge in [-0.05, 0) is 39.8 Å². The van der Waals surface area contributed by atoms with Crippen molar-refractivity contribution < 1.29 is 9.59 Å². The van der Waals surface area contributed by atoms with Gasteiger partial charge in [0.2, 0.25) is 5.91 Å². The quantitative estimate of drug-likeness (QED) is 0.724. The van der Waals surface area contributed by atoms with Crippen molar-refractivity contribution >= 4 is 29.2 Å². The first kappa shape index (κ1) is 17.2. The summed E-state index contributed by atoms with van der Waals surface area (Å²) in [5.41, 5.74) is 0.0227. The van der Waals surface area contributed by atoms with Gasteiger partial charge in [-0.2, -0.15) is 0 Å². The zero-order valence-corrected chi connectivity index (χ0v) is 13.5. The van der Waals surface area contributed by atoms with Gasteiger partial charge in [-0.15, -0.1) is 0 Å². The van der Waals surface area contributed by atoms with E-state index in [0.29, 0.717) is 17.9 Å². The summed E-state index contributed by atoms with van der Waals surface area (Å²) in [5, 5.41) is 8.52. The van der Waals surface area contributed by atoms with Crippen LogP contribution in [-0.4, -0.2) is 35.4 Å². The topological polar surface area (TPSA) is 83.1 Å². The highest BCUT2D eigenvalue weighted by atomic mass is 35.5. The number of carbonyl (C=O) groups is 2. The molecule has 6 nitrogen and oxygen atoms in total. The van der Waals surface area contributed by atoms with Crippen LogP contribution in [0.15, 0.2) is 12.1 Å². The second kappa shape index (κ2) is 7.26. The summed E-state index contributed by atoms with van der Waals surface area (Å²) >= 11 is 5.87. The third-order valence-corrected chi connectivity index (χ3v) is 2.53. The van der Waals surface area contributed by atoms with Crippen molar-refractivity contribution in [1.29, 1.82) is 0 Å². The third-order valence-electron chi connectivity index (χ3n) is 2.34. The minimum Gasteiger partial charge on any atom is -0.370 e. The number of hydrogen-bond donors (Lipinski definition) is 3. The number of nitrogens with zero attached hydrogens (tertiary/aromatic N) is 1. The number of rotatable bonds is 5. The van der Waals surface area contributed by atoms with E-state index in [-0.39, 0.29) is 29.1 Å². The Balaban J connectivity index is 2.65. The predicted octanol–water partition coefficient (Wildman–Crippen LogP) is 1.81. The number of halogens is 1. The first-order valence-corrected chi connectivity index (χ1v) is 7.09. The monoisotopic (exact) mass is 312 g/mol. The molecule has 0 fully saturated rings. The van der Waals surface area contributed by atoms with Crippen molar-refractivity contribution in [2.45, 2.75) is 33.2 Å². The fraction of sp³-hybridized carbons (Fsp3) is 0.500. The molecular formula is C14H21ClN4O2. The van der Waals surface area contributed by atoms with Crippen LogP contribution < -0.4 is 16.0 Å². The fourth-order valence-corrected chi connectivity index (χ4v) is 1.83. The Labute approximate surface area is 129 Å². The highest BCUT2D eigenvalue weighted by Crippen LogP contribution is 2.14. The Bertz CT molecular complexity index is 526. The molecule has 0 spiro atoms. The lowest BCUT2D eigenvalue weighted by Crippen LogP contribution is -2.45. The Morgan fingerprint density at radius 2 is 1.95 bits per heavy atom. The Morgan fingerprint density at radius 3 is 2.52 bits per heavy atom. The second-order valence-corrected chi connectivity index (χ2v) is 5.96. The molecule has 3 N–H and O–H groups in total. The predicted molar refractivity (Wildman–Crippen MR) is 83.6 cm³/mol. The zero-order valence-electron chi connectivity index (χ0n) is 12.7. The first-order chi connectivity index (χ1) is 9.71. The summed E-state index contributed by atoms with van der Waals surface area (Å²) < 4.78 is 0. The highest BCUT2D eigenvalue weighted by Gasteiger charge is 2.15. The van der Waals surface area contributed by atoms with Crippen LogP contribution >= 0.6 is 11.6 Å². The molecular weight excluding hydrogens is 292 g/mol. The molecule has 0 aromatic carbocycles. The van der Waals surface area contributed by atoms with Crippen LogP contribution in [0.4, 0.5) is 5.82 Å². The van der Waals surface area contributed by atoms with Gasteiger partial charge in [0.1, 0.15) is 11.0 Å². The van der Waals surface area contributed by atoms with Gasteiger partial charge in [-0.1, -0.05) is 11.6 Å². The molecule has 0 unspecified atom stereocenters. The average molecular weight is 313 g/mol. The summed E-state index contributed by atoms with van der Waals surface area (Å²) in [6.45, 7) is 8.11. The van der Waals surface area contributed by atoms with Crippen LogP contribution in [-0.2, 0) is 4.79 Å². The molecule has 0 aliphatic rings. The molecule has 1 aromatic rings. The van der Waals surface area contributed by atoms with E-state index in [1.807, 2.05) is 27.7 Å². The van der Waals surface area contributed by atoms with Gasteiger partial charge < -0.3 is 16.0 Å². The van der Waals surface area contributed by atoms with E-state index in [1.165, 1.54) is 6.07 Å². The lowest BCUT2D eigenvalue weighted by molar-refractivity contribution is -0.121. The second-order valence-electron chi connectivity index (χ2n) is 5.57. The number of aromatic nitrogens is 1. The van der Waals surface area contributed by atoms with Crippen molar-refractivity contribution in [1.82, 2.24) is 15.6 Å². The van der Waals surface area contributed by atoms with Crippen molar-refractivity contribution in [3.63, 3.8) is 0 Å². The van der Waals surface area contributed by atoms with E-state index in [1.54, 1.807) is 6.07 Å². The van der Waals surface area contributed by atoms with E-state index in [2.05, 4.69) is 20.9 Å². The van der Waals surface area contributed by atoms with Crippen LogP contribution in [0.25, 0.3) is 0 Å². The number of hydrogen-bond acceptors (Lipinski definition) is 4. The van der Waals surface area contributed by atoms with Gasteiger partial charge in [-0.25, -0.2) is 4.98 Å². The van der Waals surface area contributed by atoms with Gasteiger partial charge in [0, 0.05) is 17.6 Å². The molecule has 0 aliphatic carbocycles. The Morgan fingerprint density at radius 1 is 1.29 bits per heavy atom. The van der Waals surface area contributed by atoms with E-state index in [4.69, 9.17) is 11.6 Å². The molecule has 7 heteroatoms. The number of amides is 2. The molecule has 0 saturated heterocycles. The molecule has 0 radical (unpaired) electrons. The van der Waals surface area contributed by atoms with Crippen LogP contribution in [0.5, 0.6) is 0 Å². The zero-order chi connectivity index (χ0) is 16.0. The SMILES string of the molecule is CCNc1cc(C(=O)NCC(=O)NC(C)(C)C)cc(Cl)n1. The Kier molecular flexibility index (Phi) is 5.96. The normalized spacial score (nSPS) is 10.9. The van der Waals surface area contributed by atoms with E-state index >= 15 is 0 Å². The van der Waals surface area contributed by atoms with E-state index in [0.717, 1.165) is 0 Å². The standard InChI is InChI=1S/C14H21ClN4O2/c1-5-16-11-7-9(6-10(15)18-11)13(21)17-8-12(20)19-14(2,3)4/h6-7H,5,8H2,1-4H3,(H,16,18)(H,17,21)(H,19,20). The lowest BCUT2D eigenvalue weighted by Gasteiger charge is -2.20. The number of carbonyl (C=O) groups excluding carboxylic acids is 2. The highest BCUT2D eigenvalue weighted by molar-refractivity contribution is 6.29. The van der Waals surface area contributed by atoms with Gasteiger partial charge in [0.25, 0.3) is 5.91 Å². The number of nitrogens with one attached hydrogen (secondary N) is 3. The smallest absolute Gasteiger partial charge is 0.251 e.